The van der Waals surface area contributed by atoms with Crippen molar-refractivity contribution in [3.8, 4) is 11.8 Å². The van der Waals surface area contributed by atoms with Crippen LogP contribution in [0.25, 0.3) is 0 Å². The molecule has 4 nitrogen and oxygen atoms in total. The molecule has 1 rings (SSSR count). The monoisotopic (exact) mass is 334 g/mol. The van der Waals surface area contributed by atoms with Gasteiger partial charge in [0.25, 0.3) is 0 Å². The predicted molar refractivity (Wildman–Crippen MR) is 92.4 cm³/mol. The Labute approximate surface area is 143 Å². The number of amides is 1. The summed E-state index contributed by atoms with van der Waals surface area (Å²) < 4.78 is 5.22. The van der Waals surface area contributed by atoms with Crippen molar-refractivity contribution in [2.75, 3.05) is 13.7 Å². The maximum atomic E-state index is 12.4. The number of hydrogen-bond donors (Lipinski definition) is 0. The highest BCUT2D eigenvalue weighted by Gasteiger charge is 2.14. The summed E-state index contributed by atoms with van der Waals surface area (Å²) in [5.41, 5.74) is 1.40. The van der Waals surface area contributed by atoms with Crippen molar-refractivity contribution in [2.45, 2.75) is 32.7 Å². The highest BCUT2D eigenvalue weighted by molar-refractivity contribution is 6.21. The molecule has 124 valence electrons. The zero-order chi connectivity index (χ0) is 17.4. The van der Waals surface area contributed by atoms with Crippen molar-refractivity contribution < 1.29 is 9.53 Å². The lowest BCUT2D eigenvalue weighted by Crippen LogP contribution is -2.32. The molecule has 0 bridgehead atoms. The minimum atomic E-state index is -0.185. The number of nitrogens with zero attached hydrogens (tertiary/aromatic N) is 2. The van der Waals surface area contributed by atoms with E-state index in [1.807, 2.05) is 13.0 Å². The Morgan fingerprint density at radius 2 is 2.13 bits per heavy atom. The van der Waals surface area contributed by atoms with Crippen molar-refractivity contribution in [1.29, 1.82) is 5.26 Å². The molecule has 1 atom stereocenters. The Bertz CT molecular complexity index is 604. The van der Waals surface area contributed by atoms with Crippen molar-refractivity contribution in [3.63, 3.8) is 0 Å². The zero-order valence-electron chi connectivity index (χ0n) is 14.0. The number of methoxy groups -OCH3 is 1. The van der Waals surface area contributed by atoms with Crippen LogP contribution in [0, 0.1) is 17.2 Å². The summed E-state index contributed by atoms with van der Waals surface area (Å²) >= 11 is 5.86. The van der Waals surface area contributed by atoms with Crippen molar-refractivity contribution in [2.24, 2.45) is 5.92 Å². The van der Waals surface area contributed by atoms with Gasteiger partial charge in [0.2, 0.25) is 5.91 Å². The molecule has 23 heavy (non-hydrogen) atoms. The first kappa shape index (κ1) is 19.1. The van der Waals surface area contributed by atoms with Gasteiger partial charge in [0.1, 0.15) is 11.8 Å². The van der Waals surface area contributed by atoms with E-state index in [9.17, 15) is 4.79 Å². The fourth-order valence-electron chi connectivity index (χ4n) is 2.14. The molecule has 0 heterocycles. The van der Waals surface area contributed by atoms with Crippen LogP contribution in [-0.4, -0.2) is 29.8 Å². The average molecular weight is 335 g/mol. The molecule has 1 amide bonds. The van der Waals surface area contributed by atoms with E-state index in [0.29, 0.717) is 30.3 Å². The van der Waals surface area contributed by atoms with E-state index < -0.39 is 0 Å². The Morgan fingerprint density at radius 1 is 1.43 bits per heavy atom. The number of halogens is 1. The van der Waals surface area contributed by atoms with Crippen LogP contribution in [0.4, 0.5) is 0 Å². The summed E-state index contributed by atoms with van der Waals surface area (Å²) in [6, 6.07) is 7.44. The lowest BCUT2D eigenvalue weighted by atomic mass is 10.1. The van der Waals surface area contributed by atoms with Gasteiger partial charge < -0.3 is 9.64 Å². The highest BCUT2D eigenvalue weighted by atomic mass is 35.5. The first-order chi connectivity index (χ1) is 10.9. The van der Waals surface area contributed by atoms with Crippen molar-refractivity contribution in [3.05, 3.63) is 41.5 Å². The second-order valence-electron chi connectivity index (χ2n) is 5.80. The van der Waals surface area contributed by atoms with Crippen molar-refractivity contribution >= 4 is 17.5 Å². The Morgan fingerprint density at radius 3 is 2.65 bits per heavy atom. The van der Waals surface area contributed by atoms with Crippen LogP contribution in [0.15, 0.2) is 30.4 Å². The number of carbonyl (C=O) groups excluding carboxylic acids is 1. The van der Waals surface area contributed by atoms with E-state index in [1.54, 1.807) is 23.1 Å². The molecule has 0 N–H and O–H groups in total. The lowest BCUT2D eigenvalue weighted by Gasteiger charge is -2.24. The van der Waals surface area contributed by atoms with Crippen LogP contribution in [-0.2, 0) is 11.3 Å². The fraction of sp³-hybridized carbons (Fsp3) is 0.444. The molecule has 0 saturated carbocycles. The molecular formula is C18H23ClN2O2. The van der Waals surface area contributed by atoms with Gasteiger partial charge in [0.05, 0.1) is 12.7 Å². The molecule has 0 radical (unpaired) electrons. The van der Waals surface area contributed by atoms with Gasteiger partial charge in [-0.2, -0.15) is 5.26 Å². The largest absolute Gasteiger partial charge is 0.495 e. The fourth-order valence-corrected chi connectivity index (χ4v) is 2.21. The summed E-state index contributed by atoms with van der Waals surface area (Å²) in [5.74, 6) is 0.794. The number of rotatable bonds is 7. The quantitative estimate of drug-likeness (QED) is 0.564. The maximum Gasteiger partial charge on any atom is 0.246 e. The van der Waals surface area contributed by atoms with E-state index in [1.165, 1.54) is 13.2 Å². The predicted octanol–water partition coefficient (Wildman–Crippen LogP) is 3.73. The lowest BCUT2D eigenvalue weighted by molar-refractivity contribution is -0.127. The van der Waals surface area contributed by atoms with Gasteiger partial charge in [-0.05, 0) is 30.5 Å². The van der Waals surface area contributed by atoms with Gasteiger partial charge in [0, 0.05) is 24.5 Å². The van der Waals surface area contributed by atoms with Gasteiger partial charge in [0.15, 0.2) is 0 Å². The molecule has 1 aromatic carbocycles. The Balaban J connectivity index is 2.97. The minimum absolute atomic E-state index is 0.0745. The zero-order valence-corrected chi connectivity index (χ0v) is 14.8. The third-order valence-electron chi connectivity index (χ3n) is 3.16. The molecule has 0 aromatic heterocycles. The molecule has 0 spiro atoms. The van der Waals surface area contributed by atoms with Crippen LogP contribution >= 0.6 is 11.6 Å². The van der Waals surface area contributed by atoms with Crippen LogP contribution in [0.3, 0.4) is 0 Å². The average Bonchev–Trinajstić information content (AvgIpc) is 2.51. The van der Waals surface area contributed by atoms with Crippen LogP contribution < -0.4 is 4.74 Å². The van der Waals surface area contributed by atoms with Crippen molar-refractivity contribution in [1.82, 2.24) is 4.90 Å². The number of carbonyl (C=O) groups is 1. The second kappa shape index (κ2) is 9.22. The molecule has 0 aliphatic heterocycles. The van der Waals surface area contributed by atoms with E-state index in [4.69, 9.17) is 21.6 Å². The summed E-state index contributed by atoms with van der Waals surface area (Å²) in [6.45, 7) is 7.03. The molecule has 1 unspecified atom stereocenters. The van der Waals surface area contributed by atoms with Gasteiger partial charge in [-0.1, -0.05) is 26.0 Å². The van der Waals surface area contributed by atoms with Crippen LogP contribution in [0.5, 0.6) is 5.75 Å². The summed E-state index contributed by atoms with van der Waals surface area (Å²) in [7, 11) is 1.53. The number of allylic oxidation sites excluding steroid dienone is 1. The SMILES string of the molecule is COc1cc(CN(CC(C)C)C(=O)/C=C/C(C)Cl)ccc1C#N. The molecule has 0 fully saturated rings. The number of hydrogen-bond acceptors (Lipinski definition) is 3. The van der Waals surface area contributed by atoms with Gasteiger partial charge in [-0.3, -0.25) is 4.79 Å². The number of nitriles is 1. The van der Waals surface area contributed by atoms with E-state index in [2.05, 4.69) is 19.9 Å². The second-order valence-corrected chi connectivity index (χ2v) is 6.48. The van der Waals surface area contributed by atoms with E-state index in [-0.39, 0.29) is 11.3 Å². The third kappa shape index (κ3) is 6.33. The van der Waals surface area contributed by atoms with E-state index in [0.717, 1.165) is 5.56 Å². The normalized spacial score (nSPS) is 12.2. The molecule has 1 aromatic rings. The smallest absolute Gasteiger partial charge is 0.246 e. The van der Waals surface area contributed by atoms with Gasteiger partial charge in [-0.25, -0.2) is 0 Å². The Hall–Kier alpha value is -1.99. The standard InChI is InChI=1S/C18H23ClN2O2/c1-13(2)11-21(18(22)8-5-14(3)19)12-15-6-7-16(10-20)17(9-15)23-4/h5-9,13-14H,11-12H2,1-4H3/b8-5+. The molecule has 0 saturated heterocycles. The summed E-state index contributed by atoms with van der Waals surface area (Å²) in [6.07, 6.45) is 3.19. The van der Waals surface area contributed by atoms with Crippen LogP contribution in [0.2, 0.25) is 0 Å². The first-order valence-corrected chi connectivity index (χ1v) is 7.99. The number of alkyl halides is 1. The highest BCUT2D eigenvalue weighted by Crippen LogP contribution is 2.20. The van der Waals surface area contributed by atoms with E-state index >= 15 is 0 Å². The maximum absolute atomic E-state index is 12.4. The molecule has 0 aliphatic rings. The number of benzene rings is 1. The summed E-state index contributed by atoms with van der Waals surface area (Å²) in [4.78, 5) is 14.1. The third-order valence-corrected chi connectivity index (χ3v) is 3.31. The Kier molecular flexibility index (Phi) is 7.64. The minimum Gasteiger partial charge on any atom is -0.495 e. The number of ether oxygens (including phenoxy) is 1. The van der Waals surface area contributed by atoms with Gasteiger partial charge in [-0.15, -0.1) is 11.6 Å². The molecule has 5 heteroatoms. The topological polar surface area (TPSA) is 53.3 Å². The summed E-state index contributed by atoms with van der Waals surface area (Å²) in [5, 5.41) is 8.85. The molecule has 0 aliphatic carbocycles. The molecular weight excluding hydrogens is 312 g/mol. The van der Waals surface area contributed by atoms with Gasteiger partial charge >= 0.3 is 0 Å². The van der Waals surface area contributed by atoms with Crippen LogP contribution in [0.1, 0.15) is 31.9 Å². The first-order valence-electron chi connectivity index (χ1n) is 7.55.